The summed E-state index contributed by atoms with van der Waals surface area (Å²) in [5.74, 6) is -1.89. The van der Waals surface area contributed by atoms with Gasteiger partial charge in [-0.3, -0.25) is 9.59 Å². The summed E-state index contributed by atoms with van der Waals surface area (Å²) >= 11 is 0. The standard InChI is InChI=1S/C24H31FO6/c1-5-29-22(28)24-11-10-16(7-6-12-30-15(2)26)18(14-24)21(31-23(24,3)4)17-8-9-20(27)19(25)13-17/h8-10,13,18,21,27H,5-7,11-12,14H2,1-4H3. The summed E-state index contributed by atoms with van der Waals surface area (Å²) in [6, 6.07) is 4.27. The molecule has 3 rings (SSSR count). The van der Waals surface area contributed by atoms with Crippen molar-refractivity contribution >= 4 is 11.9 Å². The van der Waals surface area contributed by atoms with Gasteiger partial charge >= 0.3 is 11.9 Å². The average molecular weight is 435 g/mol. The second-order valence-electron chi connectivity index (χ2n) is 8.80. The molecule has 0 spiro atoms. The minimum atomic E-state index is -0.839. The SMILES string of the molecule is CCOC(=O)C12CC=C(CCCOC(C)=O)C(C1)C(c1ccc(O)c(F)c1)OC2(C)C. The van der Waals surface area contributed by atoms with E-state index in [0.29, 0.717) is 37.9 Å². The van der Waals surface area contributed by atoms with Crippen molar-refractivity contribution in [2.75, 3.05) is 13.2 Å². The Hall–Kier alpha value is -2.41. The highest BCUT2D eigenvalue weighted by Crippen LogP contribution is 2.59. The fraction of sp³-hybridized carbons (Fsp3) is 0.583. The van der Waals surface area contributed by atoms with E-state index in [0.717, 1.165) is 5.57 Å². The fourth-order valence-corrected chi connectivity index (χ4v) is 4.81. The van der Waals surface area contributed by atoms with Gasteiger partial charge in [-0.15, -0.1) is 0 Å². The van der Waals surface area contributed by atoms with Gasteiger partial charge in [-0.05, 0) is 64.2 Å². The molecule has 1 aliphatic carbocycles. The molecule has 1 aromatic rings. The molecule has 170 valence electrons. The summed E-state index contributed by atoms with van der Waals surface area (Å²) in [7, 11) is 0. The van der Waals surface area contributed by atoms with Crippen molar-refractivity contribution in [3.05, 3.63) is 41.2 Å². The maximum atomic E-state index is 14.1. The first-order valence-electron chi connectivity index (χ1n) is 10.8. The number of aromatic hydroxyl groups is 1. The number of hydrogen-bond acceptors (Lipinski definition) is 6. The molecule has 1 heterocycles. The quantitative estimate of drug-likeness (QED) is 0.383. The van der Waals surface area contributed by atoms with Gasteiger partial charge in [0.05, 0.1) is 24.9 Å². The molecule has 1 saturated heterocycles. The number of allylic oxidation sites excluding steroid dienone is 1. The number of esters is 2. The second-order valence-corrected chi connectivity index (χ2v) is 8.80. The number of carbonyl (C=O) groups excluding carboxylic acids is 2. The molecular formula is C24H31FO6. The third-order valence-corrected chi connectivity index (χ3v) is 6.58. The lowest BCUT2D eigenvalue weighted by atomic mass is 9.58. The summed E-state index contributed by atoms with van der Waals surface area (Å²) < 4.78 is 31.1. The van der Waals surface area contributed by atoms with E-state index in [4.69, 9.17) is 14.2 Å². The van der Waals surface area contributed by atoms with Crippen LogP contribution >= 0.6 is 0 Å². The Balaban J connectivity index is 1.96. The van der Waals surface area contributed by atoms with Crippen molar-refractivity contribution in [3.8, 4) is 5.75 Å². The summed E-state index contributed by atoms with van der Waals surface area (Å²) in [6.45, 7) is 7.51. The van der Waals surface area contributed by atoms with E-state index in [1.807, 2.05) is 13.8 Å². The number of phenols is 1. The lowest BCUT2D eigenvalue weighted by Crippen LogP contribution is -2.58. The normalized spacial score (nSPS) is 26.7. The molecule has 2 aliphatic rings. The number of hydrogen-bond donors (Lipinski definition) is 1. The molecule has 1 aromatic carbocycles. The zero-order chi connectivity index (χ0) is 22.8. The van der Waals surface area contributed by atoms with Gasteiger partial charge in [0, 0.05) is 12.8 Å². The first kappa shape index (κ1) is 23.3. The third kappa shape index (κ3) is 4.47. The maximum Gasteiger partial charge on any atom is 0.315 e. The molecule has 0 radical (unpaired) electrons. The number of benzene rings is 1. The molecule has 1 N–H and O–H groups in total. The zero-order valence-corrected chi connectivity index (χ0v) is 18.6. The fourth-order valence-electron chi connectivity index (χ4n) is 4.81. The molecule has 3 atom stereocenters. The monoisotopic (exact) mass is 434 g/mol. The largest absolute Gasteiger partial charge is 0.505 e. The van der Waals surface area contributed by atoms with Crippen LogP contribution in [0.25, 0.3) is 0 Å². The van der Waals surface area contributed by atoms with Crippen LogP contribution in [0.5, 0.6) is 5.75 Å². The van der Waals surface area contributed by atoms with Crippen molar-refractivity contribution in [1.29, 1.82) is 0 Å². The number of carbonyl (C=O) groups is 2. The van der Waals surface area contributed by atoms with Gasteiger partial charge in [0.1, 0.15) is 5.41 Å². The van der Waals surface area contributed by atoms with E-state index in [1.54, 1.807) is 13.0 Å². The van der Waals surface area contributed by atoms with Crippen LogP contribution in [-0.2, 0) is 23.8 Å². The second kappa shape index (κ2) is 8.99. The lowest BCUT2D eigenvalue weighted by molar-refractivity contribution is -0.225. The highest BCUT2D eigenvalue weighted by molar-refractivity contribution is 5.79. The van der Waals surface area contributed by atoms with Gasteiger partial charge in [-0.1, -0.05) is 17.7 Å². The van der Waals surface area contributed by atoms with Gasteiger partial charge in [-0.25, -0.2) is 4.39 Å². The minimum absolute atomic E-state index is 0.160. The van der Waals surface area contributed by atoms with Crippen LogP contribution in [0, 0.1) is 17.2 Å². The predicted octanol–water partition coefficient (Wildman–Crippen LogP) is 4.61. The zero-order valence-electron chi connectivity index (χ0n) is 18.6. The summed E-state index contributed by atoms with van der Waals surface area (Å²) in [6.07, 6.45) is 3.94. The van der Waals surface area contributed by atoms with Crippen LogP contribution in [-0.4, -0.2) is 35.9 Å². The van der Waals surface area contributed by atoms with E-state index in [2.05, 4.69) is 6.08 Å². The first-order valence-corrected chi connectivity index (χ1v) is 10.8. The maximum absolute atomic E-state index is 14.1. The molecule has 3 unspecified atom stereocenters. The molecule has 1 aliphatic heterocycles. The van der Waals surface area contributed by atoms with Gasteiger partial charge in [0.15, 0.2) is 11.6 Å². The summed E-state index contributed by atoms with van der Waals surface area (Å²) in [4.78, 5) is 24.1. The number of phenolic OH excluding ortho intramolecular Hbond substituents is 1. The van der Waals surface area contributed by atoms with Crippen molar-refractivity contribution in [2.24, 2.45) is 11.3 Å². The Kier molecular flexibility index (Phi) is 6.74. The van der Waals surface area contributed by atoms with Crippen LogP contribution in [0.2, 0.25) is 0 Å². The molecule has 0 saturated carbocycles. The molecule has 6 nitrogen and oxygen atoms in total. The third-order valence-electron chi connectivity index (χ3n) is 6.58. The van der Waals surface area contributed by atoms with Crippen LogP contribution in [0.3, 0.4) is 0 Å². The van der Waals surface area contributed by atoms with Crippen LogP contribution in [0.15, 0.2) is 29.8 Å². The van der Waals surface area contributed by atoms with E-state index in [1.165, 1.54) is 19.1 Å². The summed E-state index contributed by atoms with van der Waals surface area (Å²) in [5.41, 5.74) is 0.0350. The van der Waals surface area contributed by atoms with Gasteiger partial charge in [-0.2, -0.15) is 0 Å². The van der Waals surface area contributed by atoms with Crippen molar-refractivity contribution in [3.63, 3.8) is 0 Å². The average Bonchev–Trinajstić information content (AvgIpc) is 2.71. The van der Waals surface area contributed by atoms with E-state index in [9.17, 15) is 19.1 Å². The topological polar surface area (TPSA) is 82.1 Å². The van der Waals surface area contributed by atoms with E-state index in [-0.39, 0.29) is 24.5 Å². The van der Waals surface area contributed by atoms with E-state index >= 15 is 0 Å². The van der Waals surface area contributed by atoms with Crippen molar-refractivity contribution in [1.82, 2.24) is 0 Å². The van der Waals surface area contributed by atoms with Crippen LogP contribution in [0.4, 0.5) is 4.39 Å². The Morgan fingerprint density at radius 1 is 1.29 bits per heavy atom. The minimum Gasteiger partial charge on any atom is -0.505 e. The first-order chi connectivity index (χ1) is 14.6. The highest BCUT2D eigenvalue weighted by Gasteiger charge is 2.60. The number of fused-ring (bicyclic) bond motifs is 2. The van der Waals surface area contributed by atoms with Gasteiger partial charge < -0.3 is 19.3 Å². The smallest absolute Gasteiger partial charge is 0.315 e. The number of rotatable bonds is 7. The van der Waals surface area contributed by atoms with Gasteiger partial charge in [0.2, 0.25) is 0 Å². The summed E-state index contributed by atoms with van der Waals surface area (Å²) in [5, 5.41) is 9.60. The Morgan fingerprint density at radius 2 is 2.03 bits per heavy atom. The molecule has 2 bridgehead atoms. The molecule has 31 heavy (non-hydrogen) atoms. The van der Waals surface area contributed by atoms with Crippen molar-refractivity contribution in [2.45, 2.75) is 65.1 Å². The Labute approximate surface area is 182 Å². The molecule has 0 amide bonds. The van der Waals surface area contributed by atoms with Gasteiger partial charge in [0.25, 0.3) is 0 Å². The van der Waals surface area contributed by atoms with Crippen molar-refractivity contribution < 1.29 is 33.3 Å². The molecule has 7 heteroatoms. The predicted molar refractivity (Wildman–Crippen MR) is 112 cm³/mol. The molecule has 0 aromatic heterocycles. The van der Waals surface area contributed by atoms with E-state index < -0.39 is 28.7 Å². The highest BCUT2D eigenvalue weighted by atomic mass is 19.1. The van der Waals surface area contributed by atoms with Crippen LogP contribution < -0.4 is 0 Å². The lowest BCUT2D eigenvalue weighted by Gasteiger charge is -2.55. The Bertz CT molecular complexity index is 877. The number of halogens is 1. The number of ether oxygens (including phenoxy) is 3. The molecular weight excluding hydrogens is 403 g/mol. The molecule has 1 fully saturated rings. The Morgan fingerprint density at radius 3 is 2.68 bits per heavy atom. The van der Waals surface area contributed by atoms with Crippen LogP contribution in [0.1, 0.15) is 65.0 Å².